The van der Waals surface area contributed by atoms with Gasteiger partial charge in [-0.2, -0.15) is 0 Å². The first kappa shape index (κ1) is 15.3. The fraction of sp³-hybridized carbons (Fsp3) is 0.833. The van der Waals surface area contributed by atoms with Crippen molar-refractivity contribution in [3.63, 3.8) is 0 Å². The summed E-state index contributed by atoms with van der Waals surface area (Å²) in [6.07, 6.45) is 2.78. The Bertz CT molecular complexity index is 278. The van der Waals surface area contributed by atoms with E-state index in [-0.39, 0.29) is 30.6 Å². The van der Waals surface area contributed by atoms with Gasteiger partial charge in [0.1, 0.15) is 0 Å². The Morgan fingerprint density at radius 1 is 1.33 bits per heavy atom. The summed E-state index contributed by atoms with van der Waals surface area (Å²) in [5.41, 5.74) is 0. The van der Waals surface area contributed by atoms with E-state index in [1.165, 1.54) is 0 Å². The van der Waals surface area contributed by atoms with E-state index in [1.54, 1.807) is 14.2 Å². The van der Waals surface area contributed by atoms with Crippen LogP contribution >= 0.6 is 0 Å². The lowest BCUT2D eigenvalue weighted by atomic mass is 10.0. The molecule has 6 heteroatoms. The van der Waals surface area contributed by atoms with Gasteiger partial charge < -0.3 is 14.2 Å². The molecule has 0 aliphatic carbocycles. The molecule has 2 radical (unpaired) electrons. The molecule has 1 saturated heterocycles. The van der Waals surface area contributed by atoms with Crippen molar-refractivity contribution in [2.24, 2.45) is 5.92 Å². The summed E-state index contributed by atoms with van der Waals surface area (Å²) in [7, 11) is 4.12. The van der Waals surface area contributed by atoms with Gasteiger partial charge in [-0.1, -0.05) is 18.5 Å². The van der Waals surface area contributed by atoms with E-state index >= 15 is 0 Å². The van der Waals surface area contributed by atoms with Crippen molar-refractivity contribution in [2.75, 3.05) is 14.2 Å². The molecule has 1 aliphatic heterocycles. The number of carbonyl (C=O) groups is 2. The highest BCUT2D eigenvalue weighted by atomic mass is 28.2. The summed E-state index contributed by atoms with van der Waals surface area (Å²) in [6, 6.07) is 2.15. The van der Waals surface area contributed by atoms with E-state index in [2.05, 4.69) is 4.74 Å². The third-order valence-electron chi connectivity index (χ3n) is 2.95. The van der Waals surface area contributed by atoms with Crippen molar-refractivity contribution >= 4 is 21.5 Å². The highest BCUT2D eigenvalue weighted by Gasteiger charge is 2.32. The van der Waals surface area contributed by atoms with Gasteiger partial charge in [0, 0.05) is 23.7 Å². The summed E-state index contributed by atoms with van der Waals surface area (Å²) >= 11 is 0. The quantitative estimate of drug-likeness (QED) is 0.209. The van der Waals surface area contributed by atoms with Crippen LogP contribution in [-0.2, 0) is 23.8 Å². The minimum Gasteiger partial charge on any atom is -0.393 e. The zero-order chi connectivity index (χ0) is 13.4. The van der Waals surface area contributed by atoms with Crippen molar-refractivity contribution in [1.82, 2.24) is 0 Å². The van der Waals surface area contributed by atoms with Gasteiger partial charge in [-0.05, 0) is 12.8 Å². The van der Waals surface area contributed by atoms with Gasteiger partial charge in [0.25, 0.3) is 0 Å². The highest BCUT2D eigenvalue weighted by Crippen LogP contribution is 2.21. The van der Waals surface area contributed by atoms with Crippen molar-refractivity contribution in [2.45, 2.75) is 44.1 Å². The molecule has 0 aromatic rings. The second-order valence-electron chi connectivity index (χ2n) is 4.28. The van der Waals surface area contributed by atoms with E-state index in [4.69, 9.17) is 9.47 Å². The summed E-state index contributed by atoms with van der Waals surface area (Å²) in [5, 5.41) is 0. The van der Waals surface area contributed by atoms with E-state index in [0.717, 1.165) is 40.9 Å². The van der Waals surface area contributed by atoms with Crippen LogP contribution in [0.5, 0.6) is 0 Å². The number of ether oxygens (including phenoxy) is 3. The van der Waals surface area contributed by atoms with E-state index in [1.807, 2.05) is 0 Å². The maximum Gasteiger partial charge on any atom is 0.317 e. The number of rotatable bonds is 9. The zero-order valence-corrected chi connectivity index (χ0v) is 11.9. The first-order chi connectivity index (χ1) is 8.67. The zero-order valence-electron chi connectivity index (χ0n) is 10.9. The Labute approximate surface area is 110 Å². The number of hydrogen-bond acceptors (Lipinski definition) is 5. The second kappa shape index (κ2) is 8.39. The summed E-state index contributed by atoms with van der Waals surface area (Å²) in [5.74, 6) is -0.925. The second-order valence-corrected chi connectivity index (χ2v) is 5.78. The molecule has 102 valence electrons. The minimum absolute atomic E-state index is 0.111. The van der Waals surface area contributed by atoms with Gasteiger partial charge in [0.15, 0.2) is 6.29 Å². The standard InChI is InChI=1S/C12H20O5Si/c1-15-11(16-2)5-7-18-6-3-4-9-8-10(13)17-12(9)14/h9,11H,3-8H2,1-2H3. The van der Waals surface area contributed by atoms with E-state index in [0.29, 0.717) is 0 Å². The van der Waals surface area contributed by atoms with Crippen LogP contribution in [0.25, 0.3) is 0 Å². The molecule has 1 unspecified atom stereocenters. The Morgan fingerprint density at radius 3 is 2.61 bits per heavy atom. The number of cyclic esters (lactones) is 2. The lowest BCUT2D eigenvalue weighted by molar-refractivity contribution is -0.153. The fourth-order valence-electron chi connectivity index (χ4n) is 1.89. The molecular formula is C12H20O5Si. The molecule has 1 fully saturated rings. The van der Waals surface area contributed by atoms with Crippen molar-refractivity contribution in [3.8, 4) is 0 Å². The van der Waals surface area contributed by atoms with Crippen LogP contribution in [0.2, 0.25) is 12.1 Å². The van der Waals surface area contributed by atoms with Gasteiger partial charge in [0.2, 0.25) is 0 Å². The van der Waals surface area contributed by atoms with E-state index in [9.17, 15) is 9.59 Å². The first-order valence-corrected chi connectivity index (χ1v) is 7.59. The monoisotopic (exact) mass is 272 g/mol. The number of methoxy groups -OCH3 is 2. The molecule has 0 spiro atoms. The number of hydrogen-bond donors (Lipinski definition) is 0. The Morgan fingerprint density at radius 2 is 2.06 bits per heavy atom. The highest BCUT2D eigenvalue weighted by molar-refractivity contribution is 6.35. The van der Waals surface area contributed by atoms with Gasteiger partial charge in [-0.15, -0.1) is 0 Å². The third-order valence-corrected chi connectivity index (χ3v) is 4.30. The topological polar surface area (TPSA) is 61.8 Å². The normalized spacial score (nSPS) is 19.6. The molecular weight excluding hydrogens is 252 g/mol. The number of carbonyl (C=O) groups excluding carboxylic acids is 2. The lowest BCUT2D eigenvalue weighted by Gasteiger charge is -2.12. The van der Waals surface area contributed by atoms with Crippen molar-refractivity contribution < 1.29 is 23.8 Å². The molecule has 0 bridgehead atoms. The largest absolute Gasteiger partial charge is 0.393 e. The third kappa shape index (κ3) is 5.28. The van der Waals surface area contributed by atoms with Gasteiger partial charge in [-0.25, -0.2) is 0 Å². The van der Waals surface area contributed by atoms with Crippen LogP contribution in [0.1, 0.15) is 25.7 Å². The molecule has 1 aliphatic rings. The Kier molecular flexibility index (Phi) is 7.15. The predicted molar refractivity (Wildman–Crippen MR) is 66.2 cm³/mol. The molecule has 1 rings (SSSR count). The van der Waals surface area contributed by atoms with Crippen molar-refractivity contribution in [3.05, 3.63) is 0 Å². The smallest absolute Gasteiger partial charge is 0.317 e. The lowest BCUT2D eigenvalue weighted by Crippen LogP contribution is -2.13. The Hall–Kier alpha value is -0.723. The molecule has 5 nitrogen and oxygen atoms in total. The summed E-state index contributed by atoms with van der Waals surface area (Å²) < 4.78 is 14.7. The molecule has 0 amide bonds. The van der Waals surface area contributed by atoms with Crippen LogP contribution in [0.3, 0.4) is 0 Å². The van der Waals surface area contributed by atoms with Crippen LogP contribution in [0.4, 0.5) is 0 Å². The van der Waals surface area contributed by atoms with Crippen LogP contribution in [-0.4, -0.2) is 42.0 Å². The fourth-order valence-corrected chi connectivity index (χ4v) is 3.04. The molecule has 1 atom stereocenters. The number of esters is 2. The first-order valence-electron chi connectivity index (χ1n) is 6.18. The van der Waals surface area contributed by atoms with E-state index < -0.39 is 0 Å². The SMILES string of the molecule is COC(CC[Si]CCCC1CC(=O)OC1=O)OC. The van der Waals surface area contributed by atoms with Gasteiger partial charge >= 0.3 is 11.9 Å². The average molecular weight is 272 g/mol. The molecule has 0 saturated carbocycles. The average Bonchev–Trinajstić information content (AvgIpc) is 2.67. The molecule has 0 aromatic heterocycles. The molecule has 1 heterocycles. The minimum atomic E-state index is -0.379. The molecule has 0 aromatic carbocycles. The predicted octanol–water partition coefficient (Wildman–Crippen LogP) is 1.41. The summed E-state index contributed by atoms with van der Waals surface area (Å²) in [6.45, 7) is 0. The van der Waals surface area contributed by atoms with Gasteiger partial charge in [-0.3, -0.25) is 9.59 Å². The molecule has 18 heavy (non-hydrogen) atoms. The van der Waals surface area contributed by atoms with Gasteiger partial charge in [0.05, 0.1) is 12.3 Å². The van der Waals surface area contributed by atoms with Crippen LogP contribution in [0, 0.1) is 5.92 Å². The Balaban J connectivity index is 1.99. The van der Waals surface area contributed by atoms with Crippen LogP contribution < -0.4 is 0 Å². The maximum absolute atomic E-state index is 11.2. The van der Waals surface area contributed by atoms with Crippen LogP contribution in [0.15, 0.2) is 0 Å². The van der Waals surface area contributed by atoms with Crippen molar-refractivity contribution in [1.29, 1.82) is 0 Å². The molecule has 0 N–H and O–H groups in total. The maximum atomic E-state index is 11.2. The summed E-state index contributed by atoms with van der Waals surface area (Å²) in [4.78, 5) is 22.1.